The molecule has 0 fully saturated rings. The van der Waals surface area contributed by atoms with Crippen molar-refractivity contribution in [1.82, 2.24) is 14.8 Å². The highest BCUT2D eigenvalue weighted by molar-refractivity contribution is 6.28. The third kappa shape index (κ3) is 2.26. The van der Waals surface area contributed by atoms with E-state index in [2.05, 4.69) is 17.1 Å². The largest absolute Gasteiger partial charge is 0.486 e. The molecule has 5 nitrogen and oxygen atoms in total. The Kier molecular flexibility index (Phi) is 3.29. The number of rotatable bonds is 3. The Bertz CT molecular complexity index is 598. The van der Waals surface area contributed by atoms with E-state index in [0.717, 1.165) is 35.9 Å². The van der Waals surface area contributed by atoms with E-state index < -0.39 is 0 Å². The Morgan fingerprint density at radius 2 is 2.00 bits per heavy atom. The van der Waals surface area contributed by atoms with Crippen LogP contribution in [0.2, 0.25) is 5.28 Å². The van der Waals surface area contributed by atoms with E-state index in [1.54, 1.807) is 0 Å². The SMILES string of the molecule is CCCc1nnc(Cl)n1-c1ccc2c(c1)OCCO2. The molecule has 0 unspecified atom stereocenters. The summed E-state index contributed by atoms with van der Waals surface area (Å²) in [5.74, 6) is 2.34. The average Bonchev–Trinajstić information content (AvgIpc) is 2.80. The molecular weight excluding hydrogens is 266 g/mol. The van der Waals surface area contributed by atoms with Gasteiger partial charge in [0.2, 0.25) is 5.28 Å². The van der Waals surface area contributed by atoms with Crippen LogP contribution in [0, 0.1) is 0 Å². The highest BCUT2D eigenvalue weighted by atomic mass is 35.5. The van der Waals surface area contributed by atoms with Crippen molar-refractivity contribution in [2.75, 3.05) is 13.2 Å². The van der Waals surface area contributed by atoms with Gasteiger partial charge in [-0.25, -0.2) is 0 Å². The lowest BCUT2D eigenvalue weighted by Gasteiger charge is -2.19. The molecule has 0 radical (unpaired) electrons. The average molecular weight is 280 g/mol. The Hall–Kier alpha value is -1.75. The molecule has 1 aliphatic heterocycles. The molecular formula is C13H14ClN3O2. The number of ether oxygens (including phenoxy) is 2. The van der Waals surface area contributed by atoms with Gasteiger partial charge in [0.05, 0.1) is 5.69 Å². The van der Waals surface area contributed by atoms with Crippen molar-refractivity contribution in [3.8, 4) is 17.2 Å². The topological polar surface area (TPSA) is 49.2 Å². The lowest BCUT2D eigenvalue weighted by atomic mass is 10.2. The third-order valence-electron chi connectivity index (χ3n) is 2.95. The number of aromatic nitrogens is 3. The minimum atomic E-state index is 0.361. The summed E-state index contributed by atoms with van der Waals surface area (Å²) >= 11 is 6.12. The van der Waals surface area contributed by atoms with Gasteiger partial charge in [-0.1, -0.05) is 6.92 Å². The second kappa shape index (κ2) is 5.09. The van der Waals surface area contributed by atoms with E-state index in [1.165, 1.54) is 0 Å². The van der Waals surface area contributed by atoms with Gasteiger partial charge >= 0.3 is 0 Å². The number of aryl methyl sites for hydroxylation is 1. The molecule has 0 amide bonds. The summed E-state index contributed by atoms with van der Waals surface area (Å²) in [6.45, 7) is 3.24. The zero-order valence-corrected chi connectivity index (χ0v) is 11.4. The number of hydrogen-bond donors (Lipinski definition) is 0. The molecule has 0 saturated heterocycles. The molecule has 2 heterocycles. The maximum atomic E-state index is 6.12. The van der Waals surface area contributed by atoms with Gasteiger partial charge in [-0.2, -0.15) is 0 Å². The van der Waals surface area contributed by atoms with Crippen molar-refractivity contribution in [3.63, 3.8) is 0 Å². The van der Waals surface area contributed by atoms with E-state index in [1.807, 2.05) is 22.8 Å². The summed E-state index contributed by atoms with van der Waals surface area (Å²) in [6, 6.07) is 5.72. The minimum Gasteiger partial charge on any atom is -0.486 e. The van der Waals surface area contributed by atoms with Crippen LogP contribution in [0.4, 0.5) is 0 Å². The molecule has 0 atom stereocenters. The number of hydrogen-bond acceptors (Lipinski definition) is 4. The Labute approximate surface area is 116 Å². The van der Waals surface area contributed by atoms with Gasteiger partial charge in [0.15, 0.2) is 11.5 Å². The molecule has 100 valence electrons. The molecule has 2 aromatic rings. The number of nitrogens with zero attached hydrogens (tertiary/aromatic N) is 3. The van der Waals surface area contributed by atoms with Gasteiger partial charge in [0.1, 0.15) is 19.0 Å². The maximum absolute atomic E-state index is 6.12. The van der Waals surface area contributed by atoms with Crippen LogP contribution in [0.1, 0.15) is 19.2 Å². The smallest absolute Gasteiger partial charge is 0.229 e. The van der Waals surface area contributed by atoms with Gasteiger partial charge in [-0.05, 0) is 30.2 Å². The van der Waals surface area contributed by atoms with Gasteiger partial charge < -0.3 is 9.47 Å². The van der Waals surface area contributed by atoms with E-state index in [9.17, 15) is 0 Å². The van der Waals surface area contributed by atoms with Crippen molar-refractivity contribution in [1.29, 1.82) is 0 Å². The van der Waals surface area contributed by atoms with Crippen LogP contribution < -0.4 is 9.47 Å². The van der Waals surface area contributed by atoms with E-state index in [4.69, 9.17) is 21.1 Å². The van der Waals surface area contributed by atoms with Crippen LogP contribution in [0.25, 0.3) is 5.69 Å². The fourth-order valence-electron chi connectivity index (χ4n) is 2.11. The Morgan fingerprint density at radius 3 is 2.79 bits per heavy atom. The predicted octanol–water partition coefficient (Wildman–Crippen LogP) is 2.64. The molecule has 1 aromatic carbocycles. The first-order chi connectivity index (χ1) is 9.29. The first kappa shape index (κ1) is 12.3. The fourth-order valence-corrected chi connectivity index (χ4v) is 2.34. The van der Waals surface area contributed by atoms with Gasteiger partial charge in [-0.3, -0.25) is 4.57 Å². The van der Waals surface area contributed by atoms with Crippen LogP contribution in [-0.2, 0) is 6.42 Å². The lowest BCUT2D eigenvalue weighted by molar-refractivity contribution is 0.171. The van der Waals surface area contributed by atoms with E-state index in [0.29, 0.717) is 18.5 Å². The van der Waals surface area contributed by atoms with E-state index in [-0.39, 0.29) is 0 Å². The Morgan fingerprint density at radius 1 is 1.21 bits per heavy atom. The molecule has 0 aliphatic carbocycles. The molecule has 19 heavy (non-hydrogen) atoms. The first-order valence-corrected chi connectivity index (χ1v) is 6.67. The van der Waals surface area contributed by atoms with Crippen LogP contribution in [0.15, 0.2) is 18.2 Å². The molecule has 0 saturated carbocycles. The van der Waals surface area contributed by atoms with Crippen molar-refractivity contribution in [2.24, 2.45) is 0 Å². The van der Waals surface area contributed by atoms with Gasteiger partial charge in [0, 0.05) is 12.5 Å². The number of halogens is 1. The standard InChI is InChI=1S/C13H14ClN3O2/c1-2-3-12-15-16-13(14)17(12)9-4-5-10-11(8-9)19-7-6-18-10/h4-5,8H,2-3,6-7H2,1H3. The van der Waals surface area contributed by atoms with Crippen molar-refractivity contribution >= 4 is 11.6 Å². The molecule has 0 N–H and O–H groups in total. The van der Waals surface area contributed by atoms with Crippen LogP contribution in [0.5, 0.6) is 11.5 Å². The first-order valence-electron chi connectivity index (χ1n) is 6.29. The number of fused-ring (bicyclic) bond motifs is 1. The summed E-state index contributed by atoms with van der Waals surface area (Å²) in [5.41, 5.74) is 0.891. The summed E-state index contributed by atoms with van der Waals surface area (Å²) in [6.07, 6.45) is 1.81. The highest BCUT2D eigenvalue weighted by Gasteiger charge is 2.16. The van der Waals surface area contributed by atoms with Gasteiger partial charge in [0.25, 0.3) is 0 Å². The summed E-state index contributed by atoms with van der Waals surface area (Å²) < 4.78 is 12.9. The van der Waals surface area contributed by atoms with Crippen LogP contribution >= 0.6 is 11.6 Å². The second-order valence-corrected chi connectivity index (χ2v) is 4.64. The zero-order valence-electron chi connectivity index (χ0n) is 10.6. The molecule has 0 bridgehead atoms. The fraction of sp³-hybridized carbons (Fsp3) is 0.385. The maximum Gasteiger partial charge on any atom is 0.229 e. The molecule has 1 aliphatic rings. The normalized spacial score (nSPS) is 13.6. The lowest BCUT2D eigenvalue weighted by Crippen LogP contribution is -2.15. The zero-order chi connectivity index (χ0) is 13.2. The van der Waals surface area contributed by atoms with Crippen LogP contribution in [0.3, 0.4) is 0 Å². The predicted molar refractivity (Wildman–Crippen MR) is 71.4 cm³/mol. The van der Waals surface area contributed by atoms with Crippen molar-refractivity contribution < 1.29 is 9.47 Å². The summed E-state index contributed by atoms with van der Waals surface area (Å²) in [7, 11) is 0. The molecule has 3 rings (SSSR count). The van der Waals surface area contributed by atoms with Gasteiger partial charge in [-0.15, -0.1) is 10.2 Å². The summed E-state index contributed by atoms with van der Waals surface area (Å²) in [4.78, 5) is 0. The molecule has 0 spiro atoms. The third-order valence-corrected chi connectivity index (χ3v) is 3.19. The highest BCUT2D eigenvalue weighted by Crippen LogP contribution is 2.33. The van der Waals surface area contributed by atoms with Crippen LogP contribution in [-0.4, -0.2) is 28.0 Å². The Balaban J connectivity index is 2.04. The second-order valence-electron chi connectivity index (χ2n) is 4.30. The van der Waals surface area contributed by atoms with Crippen molar-refractivity contribution in [2.45, 2.75) is 19.8 Å². The molecule has 6 heteroatoms. The minimum absolute atomic E-state index is 0.361. The quantitative estimate of drug-likeness (QED) is 0.867. The monoisotopic (exact) mass is 279 g/mol. The van der Waals surface area contributed by atoms with E-state index >= 15 is 0 Å². The summed E-state index contributed by atoms with van der Waals surface area (Å²) in [5, 5.41) is 8.39. The number of benzene rings is 1. The molecule has 1 aromatic heterocycles. The van der Waals surface area contributed by atoms with Crippen molar-refractivity contribution in [3.05, 3.63) is 29.3 Å².